The van der Waals surface area contributed by atoms with Gasteiger partial charge < -0.3 is 4.90 Å². The molecular weight excluding hydrogens is 356 g/mol. The third-order valence-electron chi connectivity index (χ3n) is 4.52. The molecular formula is C17H17ClN6O2. The summed E-state index contributed by atoms with van der Waals surface area (Å²) in [6.45, 7) is 1.46. The molecule has 134 valence electrons. The number of hydrogen-bond acceptors (Lipinski definition) is 5. The van der Waals surface area contributed by atoms with E-state index in [-0.39, 0.29) is 23.5 Å². The Bertz CT molecular complexity index is 1000. The molecule has 0 unspecified atom stereocenters. The molecule has 0 radical (unpaired) electrons. The van der Waals surface area contributed by atoms with Crippen LogP contribution in [0.2, 0.25) is 5.02 Å². The molecule has 8 nitrogen and oxygen atoms in total. The molecule has 1 fully saturated rings. The van der Waals surface area contributed by atoms with Crippen LogP contribution in [-0.2, 0) is 11.3 Å². The summed E-state index contributed by atoms with van der Waals surface area (Å²) >= 11 is 5.90. The lowest BCUT2D eigenvalue weighted by atomic mass is 10.1. The molecule has 0 saturated carbocycles. The third kappa shape index (κ3) is 3.08. The number of halogens is 1. The molecule has 2 aromatic heterocycles. The second kappa shape index (κ2) is 6.87. The first kappa shape index (κ1) is 16.7. The Hall–Kier alpha value is -2.74. The molecule has 1 aliphatic heterocycles. The minimum Gasteiger partial charge on any atom is -0.341 e. The minimum absolute atomic E-state index is 0.0322. The number of fused-ring (bicyclic) bond motifs is 1. The van der Waals surface area contributed by atoms with Gasteiger partial charge in [0.2, 0.25) is 5.91 Å². The Balaban J connectivity index is 1.64. The first-order valence-electron chi connectivity index (χ1n) is 8.48. The predicted octanol–water partition coefficient (Wildman–Crippen LogP) is 1.64. The van der Waals surface area contributed by atoms with Gasteiger partial charge in [0.15, 0.2) is 11.2 Å². The minimum atomic E-state index is -0.374. The highest BCUT2D eigenvalue weighted by atomic mass is 35.5. The Morgan fingerprint density at radius 1 is 1.12 bits per heavy atom. The highest BCUT2D eigenvalue weighted by molar-refractivity contribution is 6.30. The summed E-state index contributed by atoms with van der Waals surface area (Å²) in [5.41, 5.74) is 0.805. The molecule has 0 N–H and O–H groups in total. The van der Waals surface area contributed by atoms with E-state index >= 15 is 0 Å². The zero-order valence-corrected chi connectivity index (χ0v) is 14.8. The van der Waals surface area contributed by atoms with Crippen molar-refractivity contribution in [3.8, 4) is 5.69 Å². The molecule has 1 aliphatic rings. The van der Waals surface area contributed by atoms with E-state index in [2.05, 4.69) is 15.3 Å². The Morgan fingerprint density at radius 2 is 1.85 bits per heavy atom. The first-order chi connectivity index (χ1) is 12.6. The molecule has 9 heteroatoms. The van der Waals surface area contributed by atoms with Crippen molar-refractivity contribution in [2.45, 2.75) is 25.8 Å². The van der Waals surface area contributed by atoms with Gasteiger partial charge >= 0.3 is 0 Å². The van der Waals surface area contributed by atoms with E-state index in [9.17, 15) is 9.59 Å². The van der Waals surface area contributed by atoms with Crippen molar-refractivity contribution in [2.24, 2.45) is 0 Å². The number of carbonyl (C=O) groups is 1. The van der Waals surface area contributed by atoms with Gasteiger partial charge in [-0.3, -0.25) is 14.2 Å². The second-order valence-corrected chi connectivity index (χ2v) is 6.71. The van der Waals surface area contributed by atoms with Crippen LogP contribution in [0.5, 0.6) is 0 Å². The number of aromatic nitrogens is 5. The highest BCUT2D eigenvalue weighted by Crippen LogP contribution is 2.15. The summed E-state index contributed by atoms with van der Waals surface area (Å²) in [7, 11) is 0. The van der Waals surface area contributed by atoms with E-state index in [0.29, 0.717) is 16.4 Å². The van der Waals surface area contributed by atoms with E-state index < -0.39 is 0 Å². The van der Waals surface area contributed by atoms with Gasteiger partial charge in [-0.25, -0.2) is 4.98 Å². The number of likely N-dealkylation sites (tertiary alicyclic amines) is 1. The van der Waals surface area contributed by atoms with Gasteiger partial charge in [0.05, 0.1) is 5.69 Å². The maximum atomic E-state index is 12.7. The van der Waals surface area contributed by atoms with Crippen LogP contribution < -0.4 is 5.56 Å². The summed E-state index contributed by atoms with van der Waals surface area (Å²) in [5, 5.41) is 8.58. The van der Waals surface area contributed by atoms with Gasteiger partial charge in [-0.2, -0.15) is 4.68 Å². The molecule has 1 aromatic carbocycles. The van der Waals surface area contributed by atoms with Crippen molar-refractivity contribution in [3.63, 3.8) is 0 Å². The average Bonchev–Trinajstić information content (AvgIpc) is 3.10. The first-order valence-corrected chi connectivity index (χ1v) is 8.86. The fraction of sp³-hybridized carbons (Fsp3) is 0.353. The van der Waals surface area contributed by atoms with Gasteiger partial charge in [-0.15, -0.1) is 5.10 Å². The standard InChI is InChI=1S/C17H17ClN6O2/c18-12-4-6-13(7-5-12)24-16-15(20-21-24)17(26)23(11-19-16)10-14(25)22-8-2-1-3-9-22/h4-7,11H,1-3,8-10H2. The van der Waals surface area contributed by atoms with E-state index in [1.54, 1.807) is 29.2 Å². The Kier molecular flexibility index (Phi) is 4.42. The van der Waals surface area contributed by atoms with Gasteiger partial charge in [0.1, 0.15) is 12.9 Å². The van der Waals surface area contributed by atoms with Crippen molar-refractivity contribution in [3.05, 3.63) is 46.0 Å². The zero-order chi connectivity index (χ0) is 18.1. The van der Waals surface area contributed by atoms with Gasteiger partial charge in [-0.1, -0.05) is 16.8 Å². The van der Waals surface area contributed by atoms with Crippen molar-refractivity contribution in [1.82, 2.24) is 29.4 Å². The molecule has 26 heavy (non-hydrogen) atoms. The van der Waals surface area contributed by atoms with Crippen LogP contribution in [0.25, 0.3) is 16.9 Å². The molecule has 1 amide bonds. The third-order valence-corrected chi connectivity index (χ3v) is 4.77. The normalized spacial score (nSPS) is 14.7. The van der Waals surface area contributed by atoms with Gasteiger partial charge in [0, 0.05) is 18.1 Å². The van der Waals surface area contributed by atoms with Crippen LogP contribution in [-0.4, -0.2) is 48.4 Å². The van der Waals surface area contributed by atoms with Crippen LogP contribution in [0.1, 0.15) is 19.3 Å². The number of amides is 1. The fourth-order valence-electron chi connectivity index (χ4n) is 3.10. The molecule has 0 spiro atoms. The van der Waals surface area contributed by atoms with E-state index in [0.717, 1.165) is 32.4 Å². The lowest BCUT2D eigenvalue weighted by Gasteiger charge is -2.26. The topological polar surface area (TPSA) is 85.9 Å². The van der Waals surface area contributed by atoms with Gasteiger partial charge in [0.25, 0.3) is 5.56 Å². The smallest absolute Gasteiger partial charge is 0.284 e. The van der Waals surface area contributed by atoms with E-state index in [4.69, 9.17) is 11.6 Å². The number of benzene rings is 1. The number of nitrogens with zero attached hydrogens (tertiary/aromatic N) is 6. The molecule has 3 aromatic rings. The molecule has 1 saturated heterocycles. The molecule has 3 heterocycles. The van der Waals surface area contributed by atoms with E-state index in [1.807, 2.05) is 0 Å². The van der Waals surface area contributed by atoms with E-state index in [1.165, 1.54) is 15.6 Å². The van der Waals surface area contributed by atoms with Crippen molar-refractivity contribution < 1.29 is 4.79 Å². The largest absolute Gasteiger partial charge is 0.341 e. The van der Waals surface area contributed by atoms with Crippen LogP contribution in [0.15, 0.2) is 35.4 Å². The van der Waals surface area contributed by atoms with Crippen LogP contribution >= 0.6 is 11.6 Å². The lowest BCUT2D eigenvalue weighted by Crippen LogP contribution is -2.39. The quantitative estimate of drug-likeness (QED) is 0.697. The Morgan fingerprint density at radius 3 is 2.58 bits per heavy atom. The summed E-state index contributed by atoms with van der Waals surface area (Å²) in [6, 6.07) is 6.99. The van der Waals surface area contributed by atoms with Gasteiger partial charge in [-0.05, 0) is 43.5 Å². The zero-order valence-electron chi connectivity index (χ0n) is 14.0. The molecule has 0 bridgehead atoms. The van der Waals surface area contributed by atoms with Crippen molar-refractivity contribution >= 4 is 28.7 Å². The summed E-state index contributed by atoms with van der Waals surface area (Å²) in [4.78, 5) is 31.2. The van der Waals surface area contributed by atoms with Crippen LogP contribution in [0.3, 0.4) is 0 Å². The monoisotopic (exact) mass is 372 g/mol. The lowest BCUT2D eigenvalue weighted by molar-refractivity contribution is -0.132. The van der Waals surface area contributed by atoms with Crippen molar-refractivity contribution in [1.29, 1.82) is 0 Å². The number of hydrogen-bond donors (Lipinski definition) is 0. The van der Waals surface area contributed by atoms with Crippen LogP contribution in [0.4, 0.5) is 0 Å². The number of carbonyl (C=O) groups excluding carboxylic acids is 1. The predicted molar refractivity (Wildman–Crippen MR) is 96.4 cm³/mol. The summed E-state index contributed by atoms with van der Waals surface area (Å²) in [5.74, 6) is -0.0713. The Labute approximate surface area is 154 Å². The SMILES string of the molecule is O=C(Cn1cnc2c(nnn2-c2ccc(Cl)cc2)c1=O)N1CCCCC1. The fourth-order valence-corrected chi connectivity index (χ4v) is 3.23. The highest BCUT2D eigenvalue weighted by Gasteiger charge is 2.19. The molecule has 0 atom stereocenters. The summed E-state index contributed by atoms with van der Waals surface area (Å²) < 4.78 is 2.77. The molecule has 4 rings (SSSR count). The molecule has 0 aliphatic carbocycles. The average molecular weight is 373 g/mol. The number of piperidine rings is 1. The maximum Gasteiger partial charge on any atom is 0.284 e. The van der Waals surface area contributed by atoms with Crippen LogP contribution in [0, 0.1) is 0 Å². The maximum absolute atomic E-state index is 12.7. The second-order valence-electron chi connectivity index (χ2n) is 6.27. The number of rotatable bonds is 3. The summed E-state index contributed by atoms with van der Waals surface area (Å²) in [6.07, 6.45) is 4.54. The van der Waals surface area contributed by atoms with Crippen molar-refractivity contribution in [2.75, 3.05) is 13.1 Å².